The van der Waals surface area contributed by atoms with Crippen molar-refractivity contribution >= 4 is 16.9 Å². The predicted octanol–water partition coefficient (Wildman–Crippen LogP) is 1.24. The van der Waals surface area contributed by atoms with E-state index < -0.39 is 0 Å². The lowest BCUT2D eigenvalue weighted by molar-refractivity contribution is 0.586. The molecule has 4 rings (SSSR count). The highest BCUT2D eigenvalue weighted by molar-refractivity contribution is 5.91. The molecule has 0 atom stereocenters. The summed E-state index contributed by atoms with van der Waals surface area (Å²) >= 11 is 0. The smallest absolute Gasteiger partial charge is 0.143 e. The van der Waals surface area contributed by atoms with Crippen molar-refractivity contribution < 1.29 is 0 Å². The molecule has 1 saturated heterocycles. The summed E-state index contributed by atoms with van der Waals surface area (Å²) in [5, 5.41) is 4.63. The first-order valence-corrected chi connectivity index (χ1v) is 6.71. The fourth-order valence-corrected chi connectivity index (χ4v) is 2.80. The van der Waals surface area contributed by atoms with Crippen molar-refractivity contribution in [1.82, 2.24) is 20.3 Å². The van der Waals surface area contributed by atoms with Gasteiger partial charge >= 0.3 is 0 Å². The number of aromatic amines is 1. The molecular weight excluding hydrogens is 226 g/mol. The maximum atomic E-state index is 4.54. The van der Waals surface area contributed by atoms with Crippen molar-refractivity contribution in [2.75, 3.05) is 31.1 Å². The minimum atomic E-state index is 0.728. The summed E-state index contributed by atoms with van der Waals surface area (Å²) < 4.78 is 0. The molecule has 2 N–H and O–H groups in total. The van der Waals surface area contributed by atoms with Crippen LogP contribution < -0.4 is 10.2 Å². The average molecular weight is 243 g/mol. The number of hydrogen-bond acceptors (Lipinski definition) is 4. The van der Waals surface area contributed by atoms with Gasteiger partial charge in [0.25, 0.3) is 0 Å². The van der Waals surface area contributed by atoms with Crippen LogP contribution in [0.4, 0.5) is 5.82 Å². The maximum absolute atomic E-state index is 4.54. The SMILES string of the molecule is c1nc(N2CCNCC2)c2c(C3CC3)c[nH]c2n1. The van der Waals surface area contributed by atoms with Crippen LogP contribution in [0.15, 0.2) is 12.5 Å². The van der Waals surface area contributed by atoms with Gasteiger partial charge in [-0.1, -0.05) is 0 Å². The average Bonchev–Trinajstić information content (AvgIpc) is 3.19. The second-order valence-electron chi connectivity index (χ2n) is 5.18. The molecule has 18 heavy (non-hydrogen) atoms. The Kier molecular flexibility index (Phi) is 2.26. The standard InChI is InChI=1S/C13H17N5/c1-2-9(1)10-7-15-12-11(10)13(17-8-16-12)18-5-3-14-4-6-18/h7-9,14H,1-6H2,(H,15,16,17). The lowest BCUT2D eigenvalue weighted by Gasteiger charge is -2.28. The normalized spacial score (nSPS) is 20.6. The van der Waals surface area contributed by atoms with Crippen LogP contribution in [-0.4, -0.2) is 41.1 Å². The summed E-state index contributed by atoms with van der Waals surface area (Å²) in [4.78, 5) is 14.6. The molecule has 5 nitrogen and oxygen atoms in total. The number of anilines is 1. The number of hydrogen-bond donors (Lipinski definition) is 2. The topological polar surface area (TPSA) is 56.8 Å². The summed E-state index contributed by atoms with van der Waals surface area (Å²) in [5.41, 5.74) is 2.40. The Morgan fingerprint density at radius 1 is 1.17 bits per heavy atom. The van der Waals surface area contributed by atoms with Crippen LogP contribution in [0.5, 0.6) is 0 Å². The molecule has 0 amide bonds. The third-order valence-electron chi connectivity index (χ3n) is 3.91. The zero-order chi connectivity index (χ0) is 11.9. The molecule has 0 bridgehead atoms. The molecular formula is C13H17N5. The lowest BCUT2D eigenvalue weighted by Crippen LogP contribution is -2.44. The summed E-state index contributed by atoms with van der Waals surface area (Å²) in [6.45, 7) is 4.13. The van der Waals surface area contributed by atoms with Crippen LogP contribution in [0.3, 0.4) is 0 Å². The molecule has 0 unspecified atom stereocenters. The highest BCUT2D eigenvalue weighted by atomic mass is 15.2. The third kappa shape index (κ3) is 1.58. The van der Waals surface area contributed by atoms with Gasteiger partial charge in [0.1, 0.15) is 17.8 Å². The van der Waals surface area contributed by atoms with Crippen molar-refractivity contribution in [3.8, 4) is 0 Å². The van der Waals surface area contributed by atoms with Crippen molar-refractivity contribution in [2.45, 2.75) is 18.8 Å². The number of H-pyrrole nitrogens is 1. The van der Waals surface area contributed by atoms with Gasteiger partial charge in [-0.05, 0) is 24.3 Å². The molecule has 0 radical (unpaired) electrons. The Hall–Kier alpha value is -1.62. The highest BCUT2D eigenvalue weighted by Crippen LogP contribution is 2.44. The fraction of sp³-hybridized carbons (Fsp3) is 0.538. The van der Waals surface area contributed by atoms with Gasteiger partial charge in [0, 0.05) is 32.4 Å². The van der Waals surface area contributed by atoms with Gasteiger partial charge < -0.3 is 15.2 Å². The molecule has 94 valence electrons. The molecule has 0 spiro atoms. The van der Waals surface area contributed by atoms with Gasteiger partial charge in [-0.25, -0.2) is 9.97 Å². The Balaban J connectivity index is 1.84. The van der Waals surface area contributed by atoms with Gasteiger partial charge in [-0.15, -0.1) is 0 Å². The first kappa shape index (κ1) is 10.3. The van der Waals surface area contributed by atoms with Gasteiger partial charge in [-0.2, -0.15) is 0 Å². The van der Waals surface area contributed by atoms with Gasteiger partial charge in [-0.3, -0.25) is 0 Å². The molecule has 2 aromatic heterocycles. The minimum Gasteiger partial charge on any atom is -0.353 e. The van der Waals surface area contributed by atoms with E-state index in [2.05, 4.69) is 31.4 Å². The molecule has 2 fully saturated rings. The Morgan fingerprint density at radius 2 is 2.00 bits per heavy atom. The summed E-state index contributed by atoms with van der Waals surface area (Å²) in [6, 6.07) is 0. The molecule has 1 aliphatic carbocycles. The molecule has 3 heterocycles. The second-order valence-corrected chi connectivity index (χ2v) is 5.18. The fourth-order valence-electron chi connectivity index (χ4n) is 2.80. The molecule has 0 aromatic carbocycles. The number of nitrogens with zero attached hydrogens (tertiary/aromatic N) is 3. The third-order valence-corrected chi connectivity index (χ3v) is 3.91. The van der Waals surface area contributed by atoms with E-state index in [1.807, 2.05) is 0 Å². The van der Waals surface area contributed by atoms with Crippen LogP contribution in [-0.2, 0) is 0 Å². The lowest BCUT2D eigenvalue weighted by atomic mass is 10.1. The summed E-state index contributed by atoms with van der Waals surface area (Å²) in [5.74, 6) is 1.84. The predicted molar refractivity (Wildman–Crippen MR) is 70.9 cm³/mol. The number of nitrogens with one attached hydrogen (secondary N) is 2. The number of aromatic nitrogens is 3. The zero-order valence-electron chi connectivity index (χ0n) is 10.3. The van der Waals surface area contributed by atoms with E-state index >= 15 is 0 Å². The maximum Gasteiger partial charge on any atom is 0.143 e. The van der Waals surface area contributed by atoms with E-state index in [0.29, 0.717) is 0 Å². The highest BCUT2D eigenvalue weighted by Gasteiger charge is 2.29. The van der Waals surface area contributed by atoms with E-state index in [-0.39, 0.29) is 0 Å². The van der Waals surface area contributed by atoms with Crippen LogP contribution >= 0.6 is 0 Å². The van der Waals surface area contributed by atoms with Crippen LogP contribution in [0, 0.1) is 0 Å². The zero-order valence-corrected chi connectivity index (χ0v) is 10.3. The van der Waals surface area contributed by atoms with Crippen molar-refractivity contribution in [3.05, 3.63) is 18.1 Å². The Labute approximate surface area is 106 Å². The Morgan fingerprint density at radius 3 is 2.78 bits per heavy atom. The van der Waals surface area contributed by atoms with Crippen LogP contribution in [0.25, 0.3) is 11.0 Å². The van der Waals surface area contributed by atoms with Gasteiger partial charge in [0.05, 0.1) is 5.39 Å². The Bertz CT molecular complexity index is 566. The molecule has 2 aromatic rings. The van der Waals surface area contributed by atoms with E-state index in [0.717, 1.165) is 43.6 Å². The van der Waals surface area contributed by atoms with E-state index in [4.69, 9.17) is 0 Å². The monoisotopic (exact) mass is 243 g/mol. The first-order valence-electron chi connectivity index (χ1n) is 6.71. The number of rotatable bonds is 2. The van der Waals surface area contributed by atoms with Crippen LogP contribution in [0.2, 0.25) is 0 Å². The summed E-state index contributed by atoms with van der Waals surface area (Å²) in [7, 11) is 0. The quantitative estimate of drug-likeness (QED) is 0.833. The molecule has 1 aliphatic heterocycles. The minimum absolute atomic E-state index is 0.728. The van der Waals surface area contributed by atoms with Gasteiger partial charge in [0.2, 0.25) is 0 Å². The molecule has 1 saturated carbocycles. The largest absolute Gasteiger partial charge is 0.353 e. The number of piperazine rings is 1. The van der Waals surface area contributed by atoms with Crippen LogP contribution in [0.1, 0.15) is 24.3 Å². The van der Waals surface area contributed by atoms with Crippen molar-refractivity contribution in [2.24, 2.45) is 0 Å². The van der Waals surface area contributed by atoms with E-state index in [9.17, 15) is 0 Å². The van der Waals surface area contributed by atoms with Crippen molar-refractivity contribution in [1.29, 1.82) is 0 Å². The van der Waals surface area contributed by atoms with Gasteiger partial charge in [0.15, 0.2) is 0 Å². The summed E-state index contributed by atoms with van der Waals surface area (Å²) in [6.07, 6.45) is 6.42. The second kappa shape index (κ2) is 3.95. The molecule has 2 aliphatic rings. The van der Waals surface area contributed by atoms with Crippen molar-refractivity contribution in [3.63, 3.8) is 0 Å². The number of fused-ring (bicyclic) bond motifs is 1. The molecule has 5 heteroatoms. The van der Waals surface area contributed by atoms with E-state index in [1.54, 1.807) is 6.33 Å². The van der Waals surface area contributed by atoms with E-state index in [1.165, 1.54) is 23.8 Å². The first-order chi connectivity index (χ1) is 8.93.